The quantitative estimate of drug-likeness (QED) is 0.454. The molecule has 0 aliphatic heterocycles. The van der Waals surface area contributed by atoms with Gasteiger partial charge in [0.25, 0.3) is 0 Å². The number of ketones is 1. The van der Waals surface area contributed by atoms with Crippen LogP contribution in [-0.2, 0) is 20.9 Å². The van der Waals surface area contributed by atoms with Gasteiger partial charge in [-0.3, -0.25) is 9.59 Å². The van der Waals surface area contributed by atoms with Crippen molar-refractivity contribution in [2.75, 3.05) is 0 Å². The monoisotopic (exact) mass is 480 g/mol. The Morgan fingerprint density at radius 3 is 2.11 bits per heavy atom. The maximum absolute atomic E-state index is 13.2. The first-order chi connectivity index (χ1) is 16.7. The number of hydrogen-bond donors (Lipinski definition) is 3. The normalized spacial score (nSPS) is 19.7. The number of rotatable bonds is 11. The molecule has 35 heavy (non-hydrogen) atoms. The Bertz CT molecular complexity index is 993. The highest BCUT2D eigenvalue weighted by Gasteiger charge is 2.56. The van der Waals surface area contributed by atoms with Crippen LogP contribution in [0.15, 0.2) is 60.7 Å². The first kappa shape index (κ1) is 26.4. The van der Waals surface area contributed by atoms with Crippen LogP contribution < -0.4 is 10.6 Å². The molecule has 0 radical (unpaired) electrons. The Kier molecular flexibility index (Phi) is 9.04. The van der Waals surface area contributed by atoms with Crippen molar-refractivity contribution in [1.82, 2.24) is 10.6 Å². The van der Waals surface area contributed by atoms with Crippen LogP contribution >= 0.6 is 0 Å². The van der Waals surface area contributed by atoms with Crippen molar-refractivity contribution in [2.45, 2.75) is 64.8 Å². The minimum atomic E-state index is -1.03. The molecule has 3 rings (SSSR count). The molecule has 7 nitrogen and oxygen atoms in total. The van der Waals surface area contributed by atoms with Crippen LogP contribution in [0.3, 0.4) is 0 Å². The van der Waals surface area contributed by atoms with E-state index in [0.717, 1.165) is 11.1 Å². The summed E-state index contributed by atoms with van der Waals surface area (Å²) in [6, 6.07) is 17.2. The molecule has 2 amide bonds. The van der Waals surface area contributed by atoms with E-state index in [1.807, 2.05) is 88.4 Å². The van der Waals surface area contributed by atoms with E-state index in [9.17, 15) is 19.5 Å². The second-order valence-electron chi connectivity index (χ2n) is 9.97. The third-order valence-electron chi connectivity index (χ3n) is 6.34. The number of nitrogens with one attached hydrogen (secondary N) is 2. The lowest BCUT2D eigenvalue weighted by molar-refractivity contribution is -0.126. The number of benzene rings is 2. The van der Waals surface area contributed by atoms with E-state index < -0.39 is 36.1 Å². The third-order valence-corrected chi connectivity index (χ3v) is 6.34. The van der Waals surface area contributed by atoms with Crippen LogP contribution in [0.4, 0.5) is 4.79 Å². The lowest BCUT2D eigenvalue weighted by Gasteiger charge is -2.30. The fourth-order valence-corrected chi connectivity index (χ4v) is 4.40. The average Bonchev–Trinajstić information content (AvgIpc) is 3.51. The molecule has 1 aliphatic rings. The van der Waals surface area contributed by atoms with E-state index >= 15 is 0 Å². The average molecular weight is 481 g/mol. The summed E-state index contributed by atoms with van der Waals surface area (Å²) in [5, 5.41) is 16.6. The SMILES string of the molecule is CC(C)C[C@H](NC(=O)OCc1ccccc1)C(=O)N[C@@H](C(C)C)C(O)C1C(=O)C1c1ccccc1. The first-order valence-corrected chi connectivity index (χ1v) is 12.2. The van der Waals surface area contributed by atoms with E-state index in [2.05, 4.69) is 10.6 Å². The molecule has 7 heteroatoms. The Morgan fingerprint density at radius 1 is 0.943 bits per heavy atom. The van der Waals surface area contributed by atoms with Gasteiger partial charge in [0.05, 0.1) is 24.0 Å². The van der Waals surface area contributed by atoms with E-state index in [0.29, 0.717) is 6.42 Å². The van der Waals surface area contributed by atoms with Crippen LogP contribution in [0, 0.1) is 17.8 Å². The molecule has 2 aromatic carbocycles. The van der Waals surface area contributed by atoms with Crippen molar-refractivity contribution in [3.63, 3.8) is 0 Å². The molecule has 0 aromatic heterocycles. The Morgan fingerprint density at radius 2 is 1.54 bits per heavy atom. The van der Waals surface area contributed by atoms with Gasteiger partial charge in [-0.15, -0.1) is 0 Å². The van der Waals surface area contributed by atoms with Gasteiger partial charge in [-0.2, -0.15) is 0 Å². The maximum atomic E-state index is 13.2. The molecule has 0 saturated heterocycles. The number of amides is 2. The standard InChI is InChI=1S/C28H36N2O5/c1-17(2)15-21(29-28(34)35-16-19-11-7-5-8-12-19)27(33)30-24(18(3)4)26(32)23-22(25(23)31)20-13-9-6-10-14-20/h5-14,17-18,21-24,26,32H,15-16H2,1-4H3,(H,29,34)(H,30,33)/t21-,22?,23?,24-,26?/m0/s1. The number of Topliss-reactive ketones (excluding diaryl/α,β-unsaturated/α-hetero) is 1. The number of carbonyl (C=O) groups is 3. The van der Waals surface area contributed by atoms with Gasteiger partial charge in [-0.05, 0) is 29.4 Å². The smallest absolute Gasteiger partial charge is 0.408 e. The summed E-state index contributed by atoms with van der Waals surface area (Å²) in [5.41, 5.74) is 1.72. The highest BCUT2D eigenvalue weighted by molar-refractivity contribution is 6.05. The van der Waals surface area contributed by atoms with Gasteiger partial charge in [0.15, 0.2) is 0 Å². The summed E-state index contributed by atoms with van der Waals surface area (Å²) in [6.45, 7) is 7.79. The van der Waals surface area contributed by atoms with Crippen molar-refractivity contribution in [3.8, 4) is 0 Å². The third kappa shape index (κ3) is 7.15. The molecule has 188 valence electrons. The molecular formula is C28H36N2O5. The van der Waals surface area contributed by atoms with Gasteiger partial charge in [0, 0.05) is 0 Å². The molecule has 1 aliphatic carbocycles. The summed E-state index contributed by atoms with van der Waals surface area (Å²) >= 11 is 0. The van der Waals surface area contributed by atoms with E-state index in [1.54, 1.807) is 0 Å². The number of hydrogen-bond acceptors (Lipinski definition) is 5. The number of carbonyl (C=O) groups excluding carboxylic acids is 3. The molecule has 0 heterocycles. The van der Waals surface area contributed by atoms with Crippen molar-refractivity contribution in [1.29, 1.82) is 0 Å². The van der Waals surface area contributed by atoms with E-state index in [1.165, 1.54) is 0 Å². The van der Waals surface area contributed by atoms with E-state index in [4.69, 9.17) is 4.74 Å². The topological polar surface area (TPSA) is 105 Å². The van der Waals surface area contributed by atoms with Crippen molar-refractivity contribution >= 4 is 17.8 Å². The number of alkyl carbamates (subject to hydrolysis) is 1. The fourth-order valence-electron chi connectivity index (χ4n) is 4.40. The second kappa shape index (κ2) is 12.0. The minimum Gasteiger partial charge on any atom is -0.445 e. The molecule has 0 bridgehead atoms. The van der Waals surface area contributed by atoms with Crippen molar-refractivity contribution in [3.05, 3.63) is 71.8 Å². The maximum Gasteiger partial charge on any atom is 0.408 e. The summed E-state index contributed by atoms with van der Waals surface area (Å²) in [7, 11) is 0. The van der Waals surface area contributed by atoms with Crippen LogP contribution in [0.25, 0.3) is 0 Å². The lowest BCUT2D eigenvalue weighted by Crippen LogP contribution is -2.55. The molecule has 3 N–H and O–H groups in total. The predicted molar refractivity (Wildman–Crippen MR) is 133 cm³/mol. The molecule has 2 aromatic rings. The van der Waals surface area contributed by atoms with Gasteiger partial charge < -0.3 is 20.5 Å². The molecule has 5 atom stereocenters. The number of ether oxygens (including phenoxy) is 1. The van der Waals surface area contributed by atoms with Gasteiger partial charge >= 0.3 is 6.09 Å². The summed E-state index contributed by atoms with van der Waals surface area (Å²) in [5.74, 6) is -1.33. The van der Waals surface area contributed by atoms with E-state index in [-0.39, 0.29) is 30.1 Å². The molecule has 1 fully saturated rings. The summed E-state index contributed by atoms with van der Waals surface area (Å²) in [4.78, 5) is 38.2. The zero-order chi connectivity index (χ0) is 25.5. The van der Waals surface area contributed by atoms with Gasteiger partial charge in [-0.1, -0.05) is 88.4 Å². The fraction of sp³-hybridized carbons (Fsp3) is 0.464. The Balaban J connectivity index is 1.63. The zero-order valence-corrected chi connectivity index (χ0v) is 20.8. The molecule has 1 saturated carbocycles. The molecular weight excluding hydrogens is 444 g/mol. The number of aliphatic hydroxyl groups excluding tert-OH is 1. The number of aliphatic hydroxyl groups is 1. The van der Waals surface area contributed by atoms with Crippen molar-refractivity contribution < 1.29 is 24.2 Å². The van der Waals surface area contributed by atoms with Gasteiger partial charge in [0.1, 0.15) is 18.4 Å². The molecule has 0 spiro atoms. The van der Waals surface area contributed by atoms with Crippen LogP contribution in [-0.4, -0.2) is 41.1 Å². The highest BCUT2D eigenvalue weighted by Crippen LogP contribution is 2.46. The van der Waals surface area contributed by atoms with Crippen LogP contribution in [0.2, 0.25) is 0 Å². The Labute approximate surface area is 207 Å². The predicted octanol–water partition coefficient (Wildman–Crippen LogP) is 3.81. The highest BCUT2D eigenvalue weighted by atomic mass is 16.5. The molecule has 3 unspecified atom stereocenters. The van der Waals surface area contributed by atoms with Gasteiger partial charge in [-0.25, -0.2) is 4.79 Å². The summed E-state index contributed by atoms with van der Waals surface area (Å²) in [6.07, 6.45) is -1.30. The van der Waals surface area contributed by atoms with Gasteiger partial charge in [0.2, 0.25) is 5.91 Å². The summed E-state index contributed by atoms with van der Waals surface area (Å²) < 4.78 is 5.29. The largest absolute Gasteiger partial charge is 0.445 e. The second-order valence-corrected chi connectivity index (χ2v) is 9.97. The van der Waals surface area contributed by atoms with Crippen molar-refractivity contribution in [2.24, 2.45) is 17.8 Å². The van der Waals surface area contributed by atoms with Crippen LogP contribution in [0.1, 0.15) is 51.2 Å². The van der Waals surface area contributed by atoms with Crippen LogP contribution in [0.5, 0.6) is 0 Å². The Hall–Kier alpha value is -3.19. The lowest BCUT2D eigenvalue weighted by atomic mass is 9.92. The minimum absolute atomic E-state index is 0.0232. The zero-order valence-electron chi connectivity index (χ0n) is 20.8. The first-order valence-electron chi connectivity index (χ1n) is 12.2.